The number of aryl methyl sites for hydroxylation is 1. The summed E-state index contributed by atoms with van der Waals surface area (Å²) in [6, 6.07) is 2.34. The summed E-state index contributed by atoms with van der Waals surface area (Å²) in [7, 11) is 3.26. The van der Waals surface area contributed by atoms with Crippen molar-refractivity contribution in [2.75, 3.05) is 20.3 Å². The lowest BCUT2D eigenvalue weighted by Crippen LogP contribution is -2.36. The molecule has 20 heavy (non-hydrogen) atoms. The van der Waals surface area contributed by atoms with Crippen LogP contribution in [0.15, 0.2) is 12.3 Å². The second-order valence-corrected chi connectivity index (χ2v) is 5.46. The Morgan fingerprint density at radius 2 is 2.25 bits per heavy atom. The van der Waals surface area contributed by atoms with Crippen molar-refractivity contribution in [3.63, 3.8) is 0 Å². The van der Waals surface area contributed by atoms with Gasteiger partial charge >= 0.3 is 5.97 Å². The van der Waals surface area contributed by atoms with E-state index in [2.05, 4.69) is 12.2 Å². The minimum Gasteiger partial charge on any atom is -0.464 e. The van der Waals surface area contributed by atoms with Gasteiger partial charge in [-0.1, -0.05) is 0 Å². The molecule has 112 valence electrons. The Balaban J connectivity index is 1.88. The van der Waals surface area contributed by atoms with E-state index in [9.17, 15) is 4.79 Å². The van der Waals surface area contributed by atoms with E-state index in [1.54, 1.807) is 0 Å². The zero-order chi connectivity index (χ0) is 14.5. The first-order valence-corrected chi connectivity index (χ1v) is 7.16. The second-order valence-electron chi connectivity index (χ2n) is 5.46. The van der Waals surface area contributed by atoms with Crippen molar-refractivity contribution in [2.24, 2.45) is 13.0 Å². The van der Waals surface area contributed by atoms with Crippen molar-refractivity contribution < 1.29 is 14.3 Å². The summed E-state index contributed by atoms with van der Waals surface area (Å²) >= 11 is 0. The fraction of sp³-hybridized carbons (Fsp3) is 0.667. The highest BCUT2D eigenvalue weighted by molar-refractivity contribution is 5.87. The smallest absolute Gasteiger partial charge is 0.354 e. The fourth-order valence-corrected chi connectivity index (χ4v) is 2.70. The predicted octanol–water partition coefficient (Wildman–Crippen LogP) is 1.72. The number of aromatic nitrogens is 1. The highest BCUT2D eigenvalue weighted by Gasteiger charge is 2.20. The summed E-state index contributed by atoms with van der Waals surface area (Å²) in [5.41, 5.74) is 1.69. The summed E-state index contributed by atoms with van der Waals surface area (Å²) in [5.74, 6) is 0.378. The number of hydrogen-bond donors (Lipinski definition) is 1. The van der Waals surface area contributed by atoms with Gasteiger partial charge in [0.25, 0.3) is 0 Å². The maximum atomic E-state index is 11.6. The van der Waals surface area contributed by atoms with Crippen molar-refractivity contribution in [3.05, 3.63) is 23.5 Å². The Labute approximate surface area is 120 Å². The van der Waals surface area contributed by atoms with E-state index in [0.717, 1.165) is 38.2 Å². The van der Waals surface area contributed by atoms with Gasteiger partial charge in [0.15, 0.2) is 0 Å². The van der Waals surface area contributed by atoms with Crippen molar-refractivity contribution >= 4 is 5.97 Å². The molecule has 5 nitrogen and oxygen atoms in total. The van der Waals surface area contributed by atoms with Crippen molar-refractivity contribution in [3.8, 4) is 0 Å². The van der Waals surface area contributed by atoms with Crippen LogP contribution in [0.1, 0.15) is 35.8 Å². The molecule has 1 saturated heterocycles. The fourth-order valence-electron chi connectivity index (χ4n) is 2.70. The number of ether oxygens (including phenoxy) is 2. The van der Waals surface area contributed by atoms with Crippen LogP contribution in [0.3, 0.4) is 0 Å². The average Bonchev–Trinajstić information content (AvgIpc) is 2.86. The summed E-state index contributed by atoms with van der Waals surface area (Å²) in [6.07, 6.45) is 4.21. The number of hydrogen-bond acceptors (Lipinski definition) is 4. The van der Waals surface area contributed by atoms with Gasteiger partial charge in [-0.25, -0.2) is 4.79 Å². The Bertz CT molecular complexity index is 450. The van der Waals surface area contributed by atoms with Crippen LogP contribution in [0, 0.1) is 5.92 Å². The summed E-state index contributed by atoms with van der Waals surface area (Å²) in [4.78, 5) is 11.6. The maximum absolute atomic E-state index is 11.6. The Hall–Kier alpha value is -1.33. The van der Waals surface area contributed by atoms with E-state index in [1.165, 1.54) is 7.11 Å². The van der Waals surface area contributed by atoms with Crippen LogP contribution in [0.2, 0.25) is 0 Å². The van der Waals surface area contributed by atoms with Crippen LogP contribution < -0.4 is 5.32 Å². The molecule has 2 rings (SSSR count). The second kappa shape index (κ2) is 6.90. The zero-order valence-corrected chi connectivity index (χ0v) is 12.5. The SMILES string of the molecule is COC(=O)c1cc(CNC(C)C2CCOCC2)cn1C. The van der Waals surface area contributed by atoms with Crippen molar-refractivity contribution in [2.45, 2.75) is 32.4 Å². The molecule has 0 radical (unpaired) electrons. The van der Waals surface area contributed by atoms with Crippen LogP contribution in [0.5, 0.6) is 0 Å². The number of nitrogens with one attached hydrogen (secondary N) is 1. The molecule has 1 N–H and O–H groups in total. The van der Waals surface area contributed by atoms with Crippen LogP contribution in [0.25, 0.3) is 0 Å². The predicted molar refractivity (Wildman–Crippen MR) is 76.6 cm³/mol. The van der Waals surface area contributed by atoms with Gasteiger partial charge in [0.05, 0.1) is 7.11 Å². The molecule has 5 heteroatoms. The number of carbonyl (C=O) groups is 1. The molecular weight excluding hydrogens is 256 g/mol. The molecular formula is C15H24N2O3. The van der Waals surface area contributed by atoms with Gasteiger partial charge in [-0.15, -0.1) is 0 Å². The highest BCUT2D eigenvalue weighted by atomic mass is 16.5. The van der Waals surface area contributed by atoms with E-state index in [1.807, 2.05) is 23.9 Å². The average molecular weight is 280 g/mol. The maximum Gasteiger partial charge on any atom is 0.354 e. The zero-order valence-electron chi connectivity index (χ0n) is 12.5. The van der Waals surface area contributed by atoms with Crippen molar-refractivity contribution in [1.82, 2.24) is 9.88 Å². The summed E-state index contributed by atoms with van der Waals surface area (Å²) in [6.45, 7) is 4.73. The first-order chi connectivity index (χ1) is 9.61. The first-order valence-electron chi connectivity index (χ1n) is 7.16. The number of carbonyl (C=O) groups excluding carboxylic acids is 1. The lowest BCUT2D eigenvalue weighted by Gasteiger charge is -2.28. The van der Waals surface area contributed by atoms with Gasteiger partial charge < -0.3 is 19.4 Å². The molecule has 1 atom stereocenters. The van der Waals surface area contributed by atoms with Gasteiger partial charge in [-0.05, 0) is 37.3 Å². The van der Waals surface area contributed by atoms with Crippen LogP contribution in [-0.2, 0) is 23.1 Å². The number of nitrogens with zero attached hydrogens (tertiary/aromatic N) is 1. The Morgan fingerprint density at radius 3 is 2.90 bits per heavy atom. The van der Waals surface area contributed by atoms with Crippen LogP contribution >= 0.6 is 0 Å². The third-order valence-electron chi connectivity index (χ3n) is 4.06. The van der Waals surface area contributed by atoms with Gasteiger partial charge in [0.1, 0.15) is 5.69 Å². The molecule has 0 aromatic carbocycles. The molecule has 1 aromatic rings. The van der Waals surface area contributed by atoms with Crippen LogP contribution in [0.4, 0.5) is 0 Å². The number of esters is 1. The van der Waals surface area contributed by atoms with Crippen LogP contribution in [-0.4, -0.2) is 36.9 Å². The normalized spacial score (nSPS) is 17.9. The molecule has 0 amide bonds. The van der Waals surface area contributed by atoms with Crippen molar-refractivity contribution in [1.29, 1.82) is 0 Å². The van der Waals surface area contributed by atoms with E-state index in [-0.39, 0.29) is 5.97 Å². The third-order valence-corrected chi connectivity index (χ3v) is 4.06. The topological polar surface area (TPSA) is 52.5 Å². The Kier molecular flexibility index (Phi) is 5.20. The Morgan fingerprint density at radius 1 is 1.55 bits per heavy atom. The monoisotopic (exact) mass is 280 g/mol. The largest absolute Gasteiger partial charge is 0.464 e. The number of methoxy groups -OCH3 is 1. The minimum atomic E-state index is -0.295. The van der Waals surface area contributed by atoms with Gasteiger partial charge in [0, 0.05) is 39.0 Å². The lowest BCUT2D eigenvalue weighted by molar-refractivity contribution is 0.0557. The van der Waals surface area contributed by atoms with Gasteiger partial charge in [0.2, 0.25) is 0 Å². The third kappa shape index (κ3) is 3.61. The lowest BCUT2D eigenvalue weighted by atomic mass is 9.93. The van der Waals surface area contributed by atoms with E-state index >= 15 is 0 Å². The molecule has 1 aromatic heterocycles. The molecule has 0 spiro atoms. The van der Waals surface area contributed by atoms with E-state index in [0.29, 0.717) is 17.7 Å². The summed E-state index contributed by atoms with van der Waals surface area (Å²) in [5, 5.41) is 3.55. The number of rotatable bonds is 5. The molecule has 2 heterocycles. The van der Waals surface area contributed by atoms with Gasteiger partial charge in [-0.3, -0.25) is 0 Å². The molecule has 0 saturated carbocycles. The minimum absolute atomic E-state index is 0.295. The quantitative estimate of drug-likeness (QED) is 0.834. The van der Waals surface area contributed by atoms with E-state index in [4.69, 9.17) is 9.47 Å². The highest BCUT2D eigenvalue weighted by Crippen LogP contribution is 2.19. The molecule has 1 aliphatic rings. The molecule has 1 fully saturated rings. The van der Waals surface area contributed by atoms with E-state index < -0.39 is 0 Å². The molecule has 0 aliphatic carbocycles. The van der Waals surface area contributed by atoms with Gasteiger partial charge in [-0.2, -0.15) is 0 Å². The summed E-state index contributed by atoms with van der Waals surface area (Å²) < 4.78 is 12.0. The standard InChI is InChI=1S/C15H24N2O3/c1-11(13-4-6-20-7-5-13)16-9-12-8-14(15(18)19-3)17(2)10-12/h8,10-11,13,16H,4-7,9H2,1-3H3. The molecule has 0 bridgehead atoms. The molecule has 1 unspecified atom stereocenters. The molecule has 1 aliphatic heterocycles. The first kappa shape index (κ1) is 15.1.